The van der Waals surface area contributed by atoms with Crippen molar-refractivity contribution in [1.29, 1.82) is 0 Å². The topological polar surface area (TPSA) is 471 Å². The number of carbonyl (C=O) groups is 12. The maximum Gasteiger partial charge on any atom is 0.304 e. The predicted molar refractivity (Wildman–Crippen MR) is 344 cm³/mol. The van der Waals surface area contributed by atoms with E-state index in [0.29, 0.717) is 74.0 Å². The first-order valence-electron chi connectivity index (χ1n) is 32.1. The number of rotatable bonds is 25. The Morgan fingerprint density at radius 2 is 1.55 bits per heavy atom. The van der Waals surface area contributed by atoms with Crippen molar-refractivity contribution in [2.75, 3.05) is 52.2 Å². The third-order valence-electron chi connectivity index (χ3n) is 18.4. The highest BCUT2D eigenvalue weighted by Gasteiger charge is 2.45. The Morgan fingerprint density at radius 3 is 2.15 bits per heavy atom. The molecule has 32 heteroatoms. The summed E-state index contributed by atoms with van der Waals surface area (Å²) in [5, 5.41) is 59.3. The number of amides is 11. The summed E-state index contributed by atoms with van der Waals surface area (Å²) in [5.74, 6) is -12.9. The van der Waals surface area contributed by atoms with Crippen LogP contribution in [0.15, 0.2) is 17.2 Å². The van der Waals surface area contributed by atoms with E-state index in [2.05, 4.69) is 42.2 Å². The quantitative estimate of drug-likeness (QED) is 0.0513. The van der Waals surface area contributed by atoms with Crippen LogP contribution >= 0.6 is 11.8 Å². The summed E-state index contributed by atoms with van der Waals surface area (Å²) in [6.45, 7) is 9.20. The van der Waals surface area contributed by atoms with Crippen LogP contribution in [0.25, 0.3) is 10.9 Å². The molecule has 4 heterocycles. The molecule has 3 aliphatic heterocycles. The van der Waals surface area contributed by atoms with Crippen LogP contribution in [0.3, 0.4) is 0 Å². The molecule has 2 unspecified atom stereocenters. The van der Waals surface area contributed by atoms with Crippen LogP contribution in [0, 0.1) is 35.5 Å². The number of methoxy groups -OCH3 is 1. The van der Waals surface area contributed by atoms with Crippen LogP contribution in [0.5, 0.6) is 5.75 Å². The number of benzene rings is 1. The molecule has 12 atom stereocenters. The second kappa shape index (κ2) is 34.8. The number of nitrogens with one attached hydrogen (secondary N) is 8. The lowest BCUT2D eigenvalue weighted by Gasteiger charge is -2.36. The Kier molecular flexibility index (Phi) is 28.0. The van der Waals surface area contributed by atoms with Crippen molar-refractivity contribution in [2.24, 2.45) is 47.0 Å². The number of likely N-dealkylation sites (tertiary alicyclic amines) is 1. The van der Waals surface area contributed by atoms with Gasteiger partial charge in [-0.3, -0.25) is 61.7 Å². The molecule has 11 amide bonds. The van der Waals surface area contributed by atoms with Gasteiger partial charge in [-0.25, -0.2) is 0 Å². The first kappa shape index (κ1) is 75.6. The Morgan fingerprint density at radius 1 is 0.872 bits per heavy atom. The minimum Gasteiger partial charge on any atom is -0.496 e. The number of carboxylic acids is 1. The molecular formula is C62H94N12O18S2. The normalized spacial score (nSPS) is 25.1. The average molecular weight is 1360 g/mol. The molecule has 0 spiro atoms. The summed E-state index contributed by atoms with van der Waals surface area (Å²) in [7, 11) is -1.03. The van der Waals surface area contributed by atoms with Gasteiger partial charge in [-0.2, -0.15) is 11.8 Å². The number of nitrogens with two attached hydrogens (primary N) is 2. The van der Waals surface area contributed by atoms with Gasteiger partial charge in [0.2, 0.25) is 65.0 Å². The fourth-order valence-electron chi connectivity index (χ4n) is 12.4. The number of aliphatic hydroxyl groups excluding tert-OH is 3. The van der Waals surface area contributed by atoms with E-state index in [9.17, 15) is 78.0 Å². The molecule has 0 bridgehead atoms. The summed E-state index contributed by atoms with van der Waals surface area (Å²) in [4.78, 5) is 169. The van der Waals surface area contributed by atoms with E-state index < -0.39 is 175 Å². The third-order valence-corrected chi connectivity index (χ3v) is 21.3. The predicted octanol–water partition coefficient (Wildman–Crippen LogP) is -1.96. The lowest BCUT2D eigenvalue weighted by Crippen LogP contribution is -2.61. The molecule has 94 heavy (non-hydrogen) atoms. The molecule has 3 fully saturated rings. The summed E-state index contributed by atoms with van der Waals surface area (Å²) >= 11 is 1.57. The van der Waals surface area contributed by atoms with Gasteiger partial charge in [0, 0.05) is 79.2 Å². The van der Waals surface area contributed by atoms with Gasteiger partial charge >= 0.3 is 5.97 Å². The van der Waals surface area contributed by atoms with Crippen LogP contribution in [-0.4, -0.2) is 216 Å². The number of hydrogen-bond acceptors (Lipinski definition) is 18. The van der Waals surface area contributed by atoms with Crippen LogP contribution in [0.4, 0.5) is 0 Å². The molecule has 522 valence electrons. The molecule has 0 radical (unpaired) electrons. The molecule has 1 saturated carbocycles. The second-order valence-corrected chi connectivity index (χ2v) is 28.1. The highest BCUT2D eigenvalue weighted by Crippen LogP contribution is 2.39. The SMILES string of the molecule is CCC(=O)N[C@H](C(=O)NCC(=O)N[C@H]1CS(=O)c2[nH]c3c(CSC4CCN(C(=O)C5CCC(CNC(=O)C(CC(=O)O)C(C)C)CC5)CC4)c(OC)ccc3c2C[C@@H](C(N)=O)NC(=O)[C@H]([C@@H](C)[C@@H](O)CO)NC(=O)[C@@H]2C[C@@H](O)CN2C(=O)[C@H](CC(N)=O)NC1=O)[C@@H](C)CC. The van der Waals surface area contributed by atoms with E-state index in [1.165, 1.54) is 14.0 Å². The second-order valence-electron chi connectivity index (χ2n) is 25.4. The smallest absolute Gasteiger partial charge is 0.304 e. The van der Waals surface area contributed by atoms with Crippen LogP contribution in [0.2, 0.25) is 0 Å². The molecule has 30 nitrogen and oxygen atoms in total. The molecule has 2 saturated heterocycles. The van der Waals surface area contributed by atoms with E-state index >= 15 is 4.21 Å². The van der Waals surface area contributed by atoms with Crippen molar-refractivity contribution in [3.05, 3.63) is 23.3 Å². The standard InChI is InChI=1S/C62H94N12O18S2/c1-8-31(5)51(70-48(79)9-2)58(87)66-25-49(80)67-43-29-94(91)60-39(21-41(54(64)83)68-59(88)52(32(6)45(77)27-75)71-57(86)44-20-35(76)26-74(44)62(90)42(23-47(63)78)69-56(43)85)37-14-15-46(92-7)40(53(37)72-60)28-93-36-16-18-73(19-17-36)61(89)34-12-10-33(11-13-34)24-65-55(84)38(30(3)4)22-50(81)82/h14-15,30-36,38,41-45,51-52,72,75-77H,8-13,16-29H2,1-7H3,(H2,63,78)(H2,64,83)(H,65,84)(H,66,87)(H,67,80)(H,68,88)(H,69,85)(H,70,79)(H,71,86)(H,81,82)/t31-,32-,33?,34?,35+,38?,41-,42-,43-,44-,45-,51-,52-,94?/m0/s1. The van der Waals surface area contributed by atoms with Gasteiger partial charge < -0.3 is 88.6 Å². The number of hydrogen-bond donors (Lipinski definition) is 14. The maximum atomic E-state index is 15.4. The van der Waals surface area contributed by atoms with Crippen molar-refractivity contribution < 1.29 is 86.9 Å². The van der Waals surface area contributed by atoms with E-state index in [0.717, 1.165) is 17.7 Å². The zero-order valence-corrected chi connectivity index (χ0v) is 56.0. The molecule has 1 aromatic carbocycles. The highest BCUT2D eigenvalue weighted by atomic mass is 32.2. The fourth-order valence-corrected chi connectivity index (χ4v) is 15.1. The number of aromatic amines is 1. The largest absolute Gasteiger partial charge is 0.496 e. The lowest BCUT2D eigenvalue weighted by atomic mass is 9.81. The number of aromatic nitrogens is 1. The minimum atomic E-state index is -2.47. The van der Waals surface area contributed by atoms with Gasteiger partial charge in [-0.15, -0.1) is 0 Å². The number of thioether (sulfide) groups is 1. The number of carbonyl (C=O) groups excluding carboxylic acids is 11. The molecule has 2 aromatic rings. The van der Waals surface area contributed by atoms with E-state index in [-0.39, 0.29) is 69.9 Å². The van der Waals surface area contributed by atoms with Crippen molar-refractivity contribution in [2.45, 2.75) is 183 Å². The number of aliphatic carboxylic acids is 1. The Hall–Kier alpha value is -7.42. The molecule has 6 rings (SSSR count). The molecule has 4 aliphatic rings. The minimum absolute atomic E-state index is 0.0308. The summed E-state index contributed by atoms with van der Waals surface area (Å²) in [6, 6.07) is -6.67. The Labute approximate surface area is 552 Å². The fraction of sp³-hybridized carbons (Fsp3) is 0.677. The Bertz CT molecular complexity index is 3130. The average Bonchev–Trinajstić information content (AvgIpc) is 1.61. The number of primary amides is 2. The highest BCUT2D eigenvalue weighted by molar-refractivity contribution is 7.99. The van der Waals surface area contributed by atoms with Crippen LogP contribution in [0.1, 0.15) is 123 Å². The van der Waals surface area contributed by atoms with Gasteiger partial charge in [-0.1, -0.05) is 48.0 Å². The maximum absolute atomic E-state index is 15.4. The number of aliphatic hydroxyl groups is 3. The number of fused-ring (bicyclic) bond motifs is 4. The van der Waals surface area contributed by atoms with Crippen molar-refractivity contribution in [1.82, 2.24) is 52.0 Å². The van der Waals surface area contributed by atoms with Gasteiger partial charge in [0.25, 0.3) is 0 Å². The van der Waals surface area contributed by atoms with E-state index in [1.807, 2.05) is 18.7 Å². The number of carboxylic acid groups (broad SMARTS) is 1. The summed E-state index contributed by atoms with van der Waals surface area (Å²) in [5.41, 5.74) is 12.7. The zero-order chi connectivity index (χ0) is 69.4. The third kappa shape index (κ3) is 19.8. The van der Waals surface area contributed by atoms with Crippen LogP contribution < -0.4 is 53.4 Å². The molecule has 16 N–H and O–H groups in total. The van der Waals surface area contributed by atoms with Gasteiger partial charge in [0.1, 0.15) is 47.0 Å². The van der Waals surface area contributed by atoms with E-state index in [4.69, 9.17) is 16.2 Å². The van der Waals surface area contributed by atoms with Gasteiger partial charge in [0.05, 0.1) is 73.3 Å². The van der Waals surface area contributed by atoms with E-state index in [1.54, 1.807) is 44.7 Å². The zero-order valence-electron chi connectivity index (χ0n) is 54.3. The van der Waals surface area contributed by atoms with Crippen LogP contribution in [-0.2, 0) is 80.5 Å². The molecule has 1 aromatic heterocycles. The number of piperidine rings is 1. The first-order valence-corrected chi connectivity index (χ1v) is 34.5. The monoisotopic (exact) mass is 1360 g/mol. The lowest BCUT2D eigenvalue weighted by molar-refractivity contribution is -0.144. The molecular weight excluding hydrogens is 1260 g/mol. The number of ether oxygens (including phenoxy) is 1. The van der Waals surface area contributed by atoms with Gasteiger partial charge in [0.15, 0.2) is 0 Å². The van der Waals surface area contributed by atoms with Crippen molar-refractivity contribution >= 4 is 104 Å². The van der Waals surface area contributed by atoms with Crippen molar-refractivity contribution in [3.63, 3.8) is 0 Å². The Balaban J connectivity index is 1.33. The summed E-state index contributed by atoms with van der Waals surface area (Å²) < 4.78 is 21.3. The molecule has 1 aliphatic carbocycles. The first-order chi connectivity index (χ1) is 44.5. The van der Waals surface area contributed by atoms with Crippen molar-refractivity contribution in [3.8, 4) is 5.75 Å². The summed E-state index contributed by atoms with van der Waals surface area (Å²) in [6.07, 6.45) is -0.603. The number of H-pyrrole nitrogens is 1. The van der Waals surface area contributed by atoms with Gasteiger partial charge in [-0.05, 0) is 74.0 Å². The number of nitrogens with zero attached hydrogens (tertiary/aromatic N) is 2.